The van der Waals surface area contributed by atoms with Gasteiger partial charge in [-0.15, -0.1) is 5.10 Å². The molecule has 1 aromatic heterocycles. The van der Waals surface area contributed by atoms with Crippen molar-refractivity contribution in [1.29, 1.82) is 0 Å². The second-order valence-electron chi connectivity index (χ2n) is 4.04. The molecule has 2 N–H and O–H groups in total. The second kappa shape index (κ2) is 5.11. The Kier molecular flexibility index (Phi) is 3.68. The Morgan fingerprint density at radius 3 is 2.42 bits per heavy atom. The predicted octanol–water partition coefficient (Wildman–Crippen LogP) is 2.59. The summed E-state index contributed by atoms with van der Waals surface area (Å²) in [7, 11) is 0. The van der Waals surface area contributed by atoms with Gasteiger partial charge in [0, 0.05) is 11.3 Å². The van der Waals surface area contributed by atoms with Gasteiger partial charge in [-0.3, -0.25) is 4.79 Å². The van der Waals surface area contributed by atoms with Crippen molar-refractivity contribution < 1.29 is 4.84 Å². The van der Waals surface area contributed by atoms with E-state index in [9.17, 15) is 4.79 Å². The van der Waals surface area contributed by atoms with E-state index in [1.807, 2.05) is 0 Å². The molecule has 0 aliphatic heterocycles. The van der Waals surface area contributed by atoms with Gasteiger partial charge < -0.3 is 10.6 Å². The monoisotopic (exact) mass is 299 g/mol. The third-order valence-electron chi connectivity index (χ3n) is 2.64. The molecule has 100 valence electrons. The van der Waals surface area contributed by atoms with Gasteiger partial charge in [-0.25, -0.2) is 0 Å². The Morgan fingerprint density at radius 2 is 1.84 bits per heavy atom. The molecular formula is C12H11Cl2N3O2. The minimum atomic E-state index is -0.371. The van der Waals surface area contributed by atoms with Crippen LogP contribution in [0.5, 0.6) is 5.75 Å². The minimum Gasteiger partial charge on any atom is -0.399 e. The van der Waals surface area contributed by atoms with Gasteiger partial charge in [0.15, 0.2) is 5.75 Å². The van der Waals surface area contributed by atoms with Gasteiger partial charge in [0.05, 0.1) is 16.2 Å². The van der Waals surface area contributed by atoms with Gasteiger partial charge >= 0.3 is 5.56 Å². The van der Waals surface area contributed by atoms with Gasteiger partial charge in [-0.05, 0) is 31.5 Å². The minimum absolute atomic E-state index is 0.135. The predicted molar refractivity (Wildman–Crippen MR) is 74.9 cm³/mol. The molecule has 0 unspecified atom stereocenters. The highest BCUT2D eigenvalue weighted by Gasteiger charge is 2.13. The molecule has 0 aliphatic carbocycles. The third-order valence-corrected chi connectivity index (χ3v) is 3.20. The zero-order chi connectivity index (χ0) is 14.2. The Morgan fingerprint density at radius 1 is 1.26 bits per heavy atom. The normalized spacial score (nSPS) is 10.5. The lowest BCUT2D eigenvalue weighted by Gasteiger charge is -2.11. The van der Waals surface area contributed by atoms with Crippen molar-refractivity contribution >= 4 is 28.9 Å². The molecule has 0 amide bonds. The topological polar surface area (TPSA) is 70.1 Å². The van der Waals surface area contributed by atoms with Crippen LogP contribution in [0.2, 0.25) is 10.0 Å². The summed E-state index contributed by atoms with van der Waals surface area (Å²) in [6, 6.07) is 2.96. The van der Waals surface area contributed by atoms with E-state index < -0.39 is 0 Å². The Hall–Kier alpha value is -1.72. The molecule has 1 aromatic carbocycles. The second-order valence-corrected chi connectivity index (χ2v) is 4.85. The van der Waals surface area contributed by atoms with Gasteiger partial charge in [0.2, 0.25) is 0 Å². The SMILES string of the molecule is Cc1cnn(Oc2c(Cl)cc(N)cc2Cl)c(=O)c1C. The summed E-state index contributed by atoms with van der Waals surface area (Å²) in [6.07, 6.45) is 1.52. The highest BCUT2D eigenvalue weighted by atomic mass is 35.5. The summed E-state index contributed by atoms with van der Waals surface area (Å²) in [5, 5.41) is 4.28. The molecule has 0 fully saturated rings. The summed E-state index contributed by atoms with van der Waals surface area (Å²) >= 11 is 12.0. The van der Waals surface area contributed by atoms with Crippen LogP contribution in [0.3, 0.4) is 0 Å². The number of nitrogen functional groups attached to an aromatic ring is 1. The lowest BCUT2D eigenvalue weighted by molar-refractivity contribution is 0.163. The Bertz CT molecular complexity index is 675. The Labute approximate surface area is 119 Å². The van der Waals surface area contributed by atoms with E-state index in [2.05, 4.69) is 5.10 Å². The number of halogens is 2. The van der Waals surface area contributed by atoms with Gasteiger partial charge in [-0.2, -0.15) is 0 Å². The fourth-order valence-electron chi connectivity index (χ4n) is 1.42. The number of aryl methyl sites for hydroxylation is 1. The van der Waals surface area contributed by atoms with Crippen molar-refractivity contribution in [2.24, 2.45) is 0 Å². The van der Waals surface area contributed by atoms with E-state index in [0.717, 1.165) is 10.4 Å². The lowest BCUT2D eigenvalue weighted by Crippen LogP contribution is -2.29. The van der Waals surface area contributed by atoms with Gasteiger partial charge in [-0.1, -0.05) is 28.0 Å². The van der Waals surface area contributed by atoms with E-state index in [1.165, 1.54) is 18.3 Å². The highest BCUT2D eigenvalue weighted by molar-refractivity contribution is 6.37. The molecule has 0 saturated heterocycles. The first kappa shape index (κ1) is 13.7. The standard InChI is InChI=1S/C12H11Cl2N3O2/c1-6-5-16-17(12(18)7(6)2)19-11-9(13)3-8(15)4-10(11)14/h3-5H,15H2,1-2H3. The van der Waals surface area contributed by atoms with Crippen LogP contribution >= 0.6 is 23.2 Å². The number of hydrogen-bond donors (Lipinski definition) is 1. The van der Waals surface area contributed by atoms with E-state index in [-0.39, 0.29) is 21.4 Å². The maximum Gasteiger partial charge on any atom is 0.306 e. The van der Waals surface area contributed by atoms with Crippen LogP contribution in [0.15, 0.2) is 23.1 Å². The van der Waals surface area contributed by atoms with Gasteiger partial charge in [0.1, 0.15) is 0 Å². The molecule has 2 aromatic rings. The van der Waals surface area contributed by atoms with Crippen molar-refractivity contribution in [3.05, 3.63) is 49.9 Å². The summed E-state index contributed by atoms with van der Waals surface area (Å²) in [5.74, 6) is 0.135. The smallest absolute Gasteiger partial charge is 0.306 e. The summed E-state index contributed by atoms with van der Waals surface area (Å²) < 4.78 is 0. The average Bonchev–Trinajstić information content (AvgIpc) is 2.33. The molecular weight excluding hydrogens is 289 g/mol. The lowest BCUT2D eigenvalue weighted by atomic mass is 10.2. The van der Waals surface area contributed by atoms with Gasteiger partial charge in [0.25, 0.3) is 0 Å². The zero-order valence-corrected chi connectivity index (χ0v) is 11.8. The Balaban J connectivity index is 2.48. The van der Waals surface area contributed by atoms with Crippen LogP contribution in [-0.4, -0.2) is 9.94 Å². The number of benzene rings is 1. The fourth-order valence-corrected chi connectivity index (χ4v) is 1.99. The van der Waals surface area contributed by atoms with E-state index in [4.69, 9.17) is 33.8 Å². The third kappa shape index (κ3) is 2.67. The molecule has 0 atom stereocenters. The van der Waals surface area contributed by atoms with Crippen molar-refractivity contribution in [2.45, 2.75) is 13.8 Å². The molecule has 2 rings (SSSR count). The number of hydrogen-bond acceptors (Lipinski definition) is 4. The van der Waals surface area contributed by atoms with Crippen LogP contribution in [0.1, 0.15) is 11.1 Å². The molecule has 0 spiro atoms. The number of nitrogens with zero attached hydrogens (tertiary/aromatic N) is 2. The van der Waals surface area contributed by atoms with Crippen molar-refractivity contribution in [1.82, 2.24) is 9.94 Å². The molecule has 7 heteroatoms. The first-order chi connectivity index (χ1) is 8.90. The van der Waals surface area contributed by atoms with Crippen LogP contribution in [0.4, 0.5) is 5.69 Å². The quantitative estimate of drug-likeness (QED) is 0.865. The molecule has 0 saturated carbocycles. The summed E-state index contributed by atoms with van der Waals surface area (Å²) in [5.41, 5.74) is 6.94. The maximum atomic E-state index is 11.9. The number of anilines is 1. The first-order valence-electron chi connectivity index (χ1n) is 5.38. The fraction of sp³-hybridized carbons (Fsp3) is 0.167. The number of aromatic nitrogens is 2. The molecule has 0 radical (unpaired) electrons. The van der Waals surface area contributed by atoms with Crippen molar-refractivity contribution in [3.8, 4) is 5.75 Å². The molecule has 0 bridgehead atoms. The molecule has 5 nitrogen and oxygen atoms in total. The average molecular weight is 300 g/mol. The van der Waals surface area contributed by atoms with Crippen LogP contribution in [-0.2, 0) is 0 Å². The van der Waals surface area contributed by atoms with E-state index in [0.29, 0.717) is 11.3 Å². The highest BCUT2D eigenvalue weighted by Crippen LogP contribution is 2.34. The van der Waals surface area contributed by atoms with Crippen LogP contribution < -0.4 is 16.1 Å². The van der Waals surface area contributed by atoms with Crippen LogP contribution in [0, 0.1) is 13.8 Å². The van der Waals surface area contributed by atoms with E-state index in [1.54, 1.807) is 13.8 Å². The van der Waals surface area contributed by atoms with Crippen LogP contribution in [0.25, 0.3) is 0 Å². The largest absolute Gasteiger partial charge is 0.399 e. The number of nitrogens with two attached hydrogens (primary N) is 1. The van der Waals surface area contributed by atoms with Crippen molar-refractivity contribution in [2.75, 3.05) is 5.73 Å². The number of rotatable bonds is 2. The zero-order valence-electron chi connectivity index (χ0n) is 10.3. The van der Waals surface area contributed by atoms with Crippen molar-refractivity contribution in [3.63, 3.8) is 0 Å². The maximum absolute atomic E-state index is 11.9. The van der Waals surface area contributed by atoms with E-state index >= 15 is 0 Å². The summed E-state index contributed by atoms with van der Waals surface area (Å²) in [4.78, 5) is 18.1. The summed E-state index contributed by atoms with van der Waals surface area (Å²) in [6.45, 7) is 3.47. The molecule has 1 heterocycles. The molecule has 19 heavy (non-hydrogen) atoms. The molecule has 0 aliphatic rings. The first-order valence-corrected chi connectivity index (χ1v) is 6.14.